The number of carbonyl (C=O) groups is 1. The van der Waals surface area contributed by atoms with E-state index < -0.39 is 0 Å². The van der Waals surface area contributed by atoms with Crippen molar-refractivity contribution in [2.75, 3.05) is 33.3 Å². The number of hydrogen-bond acceptors (Lipinski definition) is 2. The number of hydrogen-bond donors (Lipinski definition) is 0. The SMILES string of the molecule is CCCC[N+](CCCC)(CCCC)CCCC.COC(=O)Cc1ccccc1. The Hall–Kier alpha value is -1.35. The molecule has 162 valence electrons. The van der Waals surface area contributed by atoms with E-state index in [0.717, 1.165) is 5.56 Å². The molecular formula is C25H46NO2+. The van der Waals surface area contributed by atoms with Gasteiger partial charge in [0.25, 0.3) is 0 Å². The summed E-state index contributed by atoms with van der Waals surface area (Å²) in [7, 11) is 1.39. The van der Waals surface area contributed by atoms with Gasteiger partial charge in [-0.15, -0.1) is 0 Å². The van der Waals surface area contributed by atoms with Crippen LogP contribution < -0.4 is 0 Å². The molecule has 0 amide bonds. The maximum atomic E-state index is 10.8. The molecule has 3 heteroatoms. The van der Waals surface area contributed by atoms with Crippen LogP contribution in [0, 0.1) is 0 Å². The third kappa shape index (κ3) is 12.9. The van der Waals surface area contributed by atoms with Gasteiger partial charge in [-0.3, -0.25) is 4.79 Å². The van der Waals surface area contributed by atoms with Gasteiger partial charge >= 0.3 is 5.97 Å². The summed E-state index contributed by atoms with van der Waals surface area (Å²) >= 11 is 0. The molecule has 0 unspecified atom stereocenters. The number of rotatable bonds is 14. The summed E-state index contributed by atoms with van der Waals surface area (Å²) in [6, 6.07) is 9.52. The standard InChI is InChI=1S/C16H36N.C9H10O2/c1-5-9-13-17(14-10-6-2,15-11-7-3)16-12-8-4;1-11-9(10)7-8-5-3-2-4-6-8/h5-16H2,1-4H3;2-6H,7H2,1H3/q+1;. The highest BCUT2D eigenvalue weighted by molar-refractivity contribution is 5.72. The van der Waals surface area contributed by atoms with Gasteiger partial charge in [-0.1, -0.05) is 83.7 Å². The highest BCUT2D eigenvalue weighted by atomic mass is 16.5. The Labute approximate surface area is 175 Å². The van der Waals surface area contributed by atoms with Crippen molar-refractivity contribution in [2.45, 2.75) is 85.5 Å². The van der Waals surface area contributed by atoms with Crippen LogP contribution in [0.15, 0.2) is 30.3 Å². The van der Waals surface area contributed by atoms with Crippen LogP contribution in [-0.2, 0) is 16.0 Å². The Morgan fingerprint density at radius 2 is 1.14 bits per heavy atom. The van der Waals surface area contributed by atoms with E-state index in [1.807, 2.05) is 30.3 Å². The number of nitrogens with zero attached hydrogens (tertiary/aromatic N) is 1. The second-order valence-corrected chi connectivity index (χ2v) is 7.89. The zero-order valence-corrected chi connectivity index (χ0v) is 19.3. The number of methoxy groups -OCH3 is 1. The van der Waals surface area contributed by atoms with Crippen LogP contribution in [0.1, 0.15) is 84.6 Å². The zero-order valence-electron chi connectivity index (χ0n) is 19.3. The second kappa shape index (κ2) is 17.7. The average molecular weight is 393 g/mol. The van der Waals surface area contributed by atoms with Crippen LogP contribution in [0.2, 0.25) is 0 Å². The van der Waals surface area contributed by atoms with E-state index >= 15 is 0 Å². The van der Waals surface area contributed by atoms with Crippen molar-refractivity contribution >= 4 is 5.97 Å². The monoisotopic (exact) mass is 392 g/mol. The predicted octanol–water partition coefficient (Wildman–Crippen LogP) is 6.41. The van der Waals surface area contributed by atoms with E-state index in [1.54, 1.807) is 0 Å². The van der Waals surface area contributed by atoms with Crippen LogP contribution in [0.5, 0.6) is 0 Å². The minimum absolute atomic E-state index is 0.198. The maximum absolute atomic E-state index is 10.8. The molecule has 0 radical (unpaired) electrons. The molecule has 0 spiro atoms. The van der Waals surface area contributed by atoms with Gasteiger partial charge in [0.2, 0.25) is 0 Å². The summed E-state index contributed by atoms with van der Waals surface area (Å²) in [5.74, 6) is -0.198. The Morgan fingerprint density at radius 1 is 0.750 bits per heavy atom. The van der Waals surface area contributed by atoms with Crippen LogP contribution in [0.25, 0.3) is 0 Å². The summed E-state index contributed by atoms with van der Waals surface area (Å²) in [6.45, 7) is 15.0. The van der Waals surface area contributed by atoms with E-state index in [-0.39, 0.29) is 5.97 Å². The predicted molar refractivity (Wildman–Crippen MR) is 122 cm³/mol. The molecule has 0 aromatic heterocycles. The minimum atomic E-state index is -0.198. The number of quaternary nitrogens is 1. The van der Waals surface area contributed by atoms with Gasteiger partial charge in [0, 0.05) is 0 Å². The van der Waals surface area contributed by atoms with E-state index in [9.17, 15) is 4.79 Å². The van der Waals surface area contributed by atoms with Crippen molar-refractivity contribution in [1.29, 1.82) is 0 Å². The molecule has 0 aliphatic carbocycles. The summed E-state index contributed by atoms with van der Waals surface area (Å²) in [4.78, 5) is 10.8. The van der Waals surface area contributed by atoms with E-state index in [0.29, 0.717) is 6.42 Å². The highest BCUT2D eigenvalue weighted by Gasteiger charge is 2.24. The zero-order chi connectivity index (χ0) is 21.1. The van der Waals surface area contributed by atoms with Crippen LogP contribution in [-0.4, -0.2) is 43.7 Å². The molecule has 1 aromatic rings. The first-order valence-corrected chi connectivity index (χ1v) is 11.5. The number of unbranched alkanes of at least 4 members (excludes halogenated alkanes) is 4. The lowest BCUT2D eigenvalue weighted by Crippen LogP contribution is -2.50. The highest BCUT2D eigenvalue weighted by Crippen LogP contribution is 2.16. The molecule has 0 saturated heterocycles. The Kier molecular flexibility index (Phi) is 16.9. The third-order valence-electron chi connectivity index (χ3n) is 5.36. The first-order chi connectivity index (χ1) is 13.6. The van der Waals surface area contributed by atoms with Crippen molar-refractivity contribution in [2.24, 2.45) is 0 Å². The Bertz CT molecular complexity index is 435. The van der Waals surface area contributed by atoms with Gasteiger partial charge in [-0.2, -0.15) is 0 Å². The van der Waals surface area contributed by atoms with Crippen LogP contribution >= 0.6 is 0 Å². The Balaban J connectivity index is 0.000000567. The Morgan fingerprint density at radius 3 is 1.46 bits per heavy atom. The molecule has 0 heterocycles. The number of esters is 1. The maximum Gasteiger partial charge on any atom is 0.309 e. The molecule has 28 heavy (non-hydrogen) atoms. The molecule has 0 aliphatic heterocycles. The summed E-state index contributed by atoms with van der Waals surface area (Å²) in [5, 5.41) is 0. The first-order valence-electron chi connectivity index (χ1n) is 11.5. The van der Waals surface area contributed by atoms with Gasteiger partial charge in [0.1, 0.15) is 0 Å². The summed E-state index contributed by atoms with van der Waals surface area (Å²) < 4.78 is 5.94. The van der Waals surface area contributed by atoms with Crippen LogP contribution in [0.3, 0.4) is 0 Å². The van der Waals surface area contributed by atoms with Gasteiger partial charge in [-0.05, 0) is 31.2 Å². The largest absolute Gasteiger partial charge is 0.469 e. The molecular weight excluding hydrogens is 346 g/mol. The van der Waals surface area contributed by atoms with Gasteiger partial charge < -0.3 is 9.22 Å². The van der Waals surface area contributed by atoms with Crippen molar-refractivity contribution in [3.63, 3.8) is 0 Å². The molecule has 1 rings (SSSR count). The molecule has 1 aromatic carbocycles. The van der Waals surface area contributed by atoms with Crippen molar-refractivity contribution < 1.29 is 14.0 Å². The smallest absolute Gasteiger partial charge is 0.309 e. The quantitative estimate of drug-likeness (QED) is 0.270. The van der Waals surface area contributed by atoms with Gasteiger partial charge in [0.15, 0.2) is 0 Å². The van der Waals surface area contributed by atoms with E-state index in [4.69, 9.17) is 0 Å². The van der Waals surface area contributed by atoms with E-state index in [2.05, 4.69) is 32.4 Å². The first kappa shape index (κ1) is 26.6. The minimum Gasteiger partial charge on any atom is -0.469 e. The lowest BCUT2D eigenvalue weighted by molar-refractivity contribution is -0.929. The van der Waals surface area contributed by atoms with Gasteiger partial charge in [0.05, 0.1) is 39.7 Å². The fraction of sp³-hybridized carbons (Fsp3) is 0.720. The molecule has 0 aliphatic rings. The van der Waals surface area contributed by atoms with Gasteiger partial charge in [-0.25, -0.2) is 0 Å². The van der Waals surface area contributed by atoms with Crippen molar-refractivity contribution in [3.05, 3.63) is 35.9 Å². The second-order valence-electron chi connectivity index (χ2n) is 7.89. The fourth-order valence-corrected chi connectivity index (χ4v) is 3.48. The van der Waals surface area contributed by atoms with E-state index in [1.165, 1.54) is 89.1 Å². The van der Waals surface area contributed by atoms with Crippen LogP contribution in [0.4, 0.5) is 0 Å². The molecule has 0 fully saturated rings. The topological polar surface area (TPSA) is 26.3 Å². The fourth-order valence-electron chi connectivity index (χ4n) is 3.48. The third-order valence-corrected chi connectivity index (χ3v) is 5.36. The lowest BCUT2D eigenvalue weighted by Gasteiger charge is -2.39. The molecule has 0 N–H and O–H groups in total. The van der Waals surface area contributed by atoms with Crippen molar-refractivity contribution in [3.8, 4) is 0 Å². The number of carbonyl (C=O) groups excluding carboxylic acids is 1. The molecule has 0 saturated carbocycles. The molecule has 3 nitrogen and oxygen atoms in total. The lowest BCUT2D eigenvalue weighted by atomic mass is 10.1. The normalized spacial score (nSPS) is 10.9. The summed E-state index contributed by atoms with van der Waals surface area (Å²) in [6.07, 6.45) is 11.4. The number of benzene rings is 1. The average Bonchev–Trinajstić information content (AvgIpc) is 2.74. The number of ether oxygens (including phenoxy) is 1. The van der Waals surface area contributed by atoms with Crippen molar-refractivity contribution in [1.82, 2.24) is 0 Å². The molecule has 0 bridgehead atoms. The molecule has 0 atom stereocenters. The summed E-state index contributed by atoms with van der Waals surface area (Å²) in [5.41, 5.74) is 0.986.